The van der Waals surface area contributed by atoms with E-state index < -0.39 is 0 Å². The van der Waals surface area contributed by atoms with Gasteiger partial charge < -0.3 is 15.1 Å². The van der Waals surface area contributed by atoms with Gasteiger partial charge >= 0.3 is 0 Å². The molecular formula is C16H27N3O2. The Labute approximate surface area is 127 Å². The zero-order valence-electron chi connectivity index (χ0n) is 13.3. The third-order valence-corrected chi connectivity index (χ3v) is 4.47. The van der Waals surface area contributed by atoms with E-state index in [9.17, 15) is 4.79 Å². The standard InChI is InChI=1S/C16H27N3O2/c1-12-6-7-19(9-14(12)8-17)11-16(20)18(3)10-15-5-4-13(2)21-15/h4-5,12,14H,6-11,17H2,1-3H3. The van der Waals surface area contributed by atoms with Crippen LogP contribution in [0.2, 0.25) is 0 Å². The van der Waals surface area contributed by atoms with E-state index in [-0.39, 0.29) is 5.91 Å². The number of hydrogen-bond donors (Lipinski definition) is 1. The van der Waals surface area contributed by atoms with E-state index in [1.807, 2.05) is 26.1 Å². The second-order valence-corrected chi connectivity index (χ2v) is 6.26. The topological polar surface area (TPSA) is 62.7 Å². The molecule has 0 aromatic carbocycles. The van der Waals surface area contributed by atoms with E-state index in [1.54, 1.807) is 4.90 Å². The molecule has 1 aromatic rings. The Hall–Kier alpha value is -1.33. The fourth-order valence-corrected chi connectivity index (χ4v) is 2.88. The van der Waals surface area contributed by atoms with Crippen molar-refractivity contribution >= 4 is 5.91 Å². The summed E-state index contributed by atoms with van der Waals surface area (Å²) in [4.78, 5) is 16.3. The summed E-state index contributed by atoms with van der Waals surface area (Å²) in [5, 5.41) is 0. The highest BCUT2D eigenvalue weighted by Gasteiger charge is 2.26. The summed E-state index contributed by atoms with van der Waals surface area (Å²) < 4.78 is 5.52. The average molecular weight is 293 g/mol. The second kappa shape index (κ2) is 7.09. The summed E-state index contributed by atoms with van der Waals surface area (Å²) in [7, 11) is 1.83. The predicted molar refractivity (Wildman–Crippen MR) is 82.7 cm³/mol. The molecule has 21 heavy (non-hydrogen) atoms. The maximum atomic E-state index is 12.3. The van der Waals surface area contributed by atoms with Gasteiger partial charge in [-0.1, -0.05) is 6.92 Å². The SMILES string of the molecule is Cc1ccc(CN(C)C(=O)CN2CCC(C)C(CN)C2)o1. The zero-order chi connectivity index (χ0) is 15.4. The largest absolute Gasteiger partial charge is 0.464 e. The van der Waals surface area contributed by atoms with E-state index in [4.69, 9.17) is 10.2 Å². The molecule has 2 heterocycles. The number of hydrogen-bond acceptors (Lipinski definition) is 4. The molecule has 1 aliphatic heterocycles. The lowest BCUT2D eigenvalue weighted by atomic mass is 9.87. The summed E-state index contributed by atoms with van der Waals surface area (Å²) in [6.45, 7) is 7.77. The monoisotopic (exact) mass is 293 g/mol. The van der Waals surface area contributed by atoms with Crippen molar-refractivity contribution in [2.24, 2.45) is 17.6 Å². The quantitative estimate of drug-likeness (QED) is 0.893. The summed E-state index contributed by atoms with van der Waals surface area (Å²) in [6, 6.07) is 3.84. The summed E-state index contributed by atoms with van der Waals surface area (Å²) in [5.41, 5.74) is 5.82. The van der Waals surface area contributed by atoms with Crippen molar-refractivity contribution in [3.63, 3.8) is 0 Å². The molecule has 1 amide bonds. The minimum absolute atomic E-state index is 0.134. The molecule has 0 aliphatic carbocycles. The van der Waals surface area contributed by atoms with Crippen LogP contribution in [-0.2, 0) is 11.3 Å². The first-order valence-electron chi connectivity index (χ1n) is 7.71. The Balaban J connectivity index is 1.83. The van der Waals surface area contributed by atoms with Crippen LogP contribution in [0.15, 0.2) is 16.5 Å². The maximum Gasteiger partial charge on any atom is 0.236 e. The van der Waals surface area contributed by atoms with Crippen molar-refractivity contribution in [2.45, 2.75) is 26.8 Å². The summed E-state index contributed by atoms with van der Waals surface area (Å²) >= 11 is 0. The number of likely N-dealkylation sites (N-methyl/N-ethyl adjacent to an activating group) is 1. The summed E-state index contributed by atoms with van der Waals surface area (Å²) in [6.07, 6.45) is 1.12. The van der Waals surface area contributed by atoms with Crippen LogP contribution >= 0.6 is 0 Å². The van der Waals surface area contributed by atoms with E-state index in [0.29, 0.717) is 31.5 Å². The molecule has 1 aromatic heterocycles. The van der Waals surface area contributed by atoms with Crippen LogP contribution in [0.1, 0.15) is 24.9 Å². The fourth-order valence-electron chi connectivity index (χ4n) is 2.88. The third-order valence-electron chi connectivity index (χ3n) is 4.47. The zero-order valence-corrected chi connectivity index (χ0v) is 13.3. The number of carbonyl (C=O) groups is 1. The minimum Gasteiger partial charge on any atom is -0.464 e. The highest BCUT2D eigenvalue weighted by molar-refractivity contribution is 5.77. The maximum absolute atomic E-state index is 12.3. The minimum atomic E-state index is 0.134. The van der Waals surface area contributed by atoms with Crippen molar-refractivity contribution in [2.75, 3.05) is 33.2 Å². The smallest absolute Gasteiger partial charge is 0.236 e. The number of carbonyl (C=O) groups excluding carboxylic acids is 1. The predicted octanol–water partition coefficient (Wildman–Crippen LogP) is 1.46. The van der Waals surface area contributed by atoms with Crippen molar-refractivity contribution in [3.05, 3.63) is 23.7 Å². The fraction of sp³-hybridized carbons (Fsp3) is 0.688. The van der Waals surface area contributed by atoms with E-state index in [1.165, 1.54) is 0 Å². The van der Waals surface area contributed by atoms with Crippen molar-refractivity contribution in [3.8, 4) is 0 Å². The number of furan rings is 1. The molecule has 2 unspecified atom stereocenters. The van der Waals surface area contributed by atoms with Crippen molar-refractivity contribution < 1.29 is 9.21 Å². The van der Waals surface area contributed by atoms with Gasteiger partial charge in [-0.3, -0.25) is 9.69 Å². The molecule has 0 spiro atoms. The van der Waals surface area contributed by atoms with E-state index in [0.717, 1.165) is 31.0 Å². The number of aryl methyl sites for hydroxylation is 1. The van der Waals surface area contributed by atoms with Gasteiger partial charge in [0.25, 0.3) is 0 Å². The van der Waals surface area contributed by atoms with E-state index in [2.05, 4.69) is 11.8 Å². The molecular weight excluding hydrogens is 266 g/mol. The lowest BCUT2D eigenvalue weighted by molar-refractivity contribution is -0.132. The molecule has 0 bridgehead atoms. The highest BCUT2D eigenvalue weighted by atomic mass is 16.3. The van der Waals surface area contributed by atoms with Crippen LogP contribution in [0.5, 0.6) is 0 Å². The van der Waals surface area contributed by atoms with Gasteiger partial charge in [0.15, 0.2) is 0 Å². The third kappa shape index (κ3) is 4.32. The van der Waals surface area contributed by atoms with Gasteiger partial charge in [-0.2, -0.15) is 0 Å². The highest BCUT2D eigenvalue weighted by Crippen LogP contribution is 2.22. The van der Waals surface area contributed by atoms with Gasteiger partial charge in [-0.05, 0) is 50.4 Å². The number of piperidine rings is 1. The molecule has 2 atom stereocenters. The molecule has 0 radical (unpaired) electrons. The molecule has 5 heteroatoms. The Kier molecular flexibility index (Phi) is 5.42. The molecule has 5 nitrogen and oxygen atoms in total. The van der Waals surface area contributed by atoms with Crippen molar-refractivity contribution in [1.29, 1.82) is 0 Å². The molecule has 2 N–H and O–H groups in total. The second-order valence-electron chi connectivity index (χ2n) is 6.26. The van der Waals surface area contributed by atoms with Crippen LogP contribution in [0.25, 0.3) is 0 Å². The number of nitrogens with zero attached hydrogens (tertiary/aromatic N) is 2. The average Bonchev–Trinajstić information content (AvgIpc) is 2.86. The molecule has 1 aliphatic rings. The van der Waals surface area contributed by atoms with Crippen molar-refractivity contribution in [1.82, 2.24) is 9.80 Å². The Morgan fingerprint density at radius 3 is 2.90 bits per heavy atom. The molecule has 1 fully saturated rings. The Morgan fingerprint density at radius 2 is 2.29 bits per heavy atom. The van der Waals surface area contributed by atoms with Gasteiger partial charge in [0.1, 0.15) is 11.5 Å². The molecule has 2 rings (SSSR count). The molecule has 1 saturated heterocycles. The Bertz CT molecular complexity index is 472. The van der Waals surface area contributed by atoms with E-state index >= 15 is 0 Å². The van der Waals surface area contributed by atoms with Crippen LogP contribution < -0.4 is 5.73 Å². The number of amides is 1. The number of likely N-dealkylation sites (tertiary alicyclic amines) is 1. The first kappa shape index (κ1) is 16.0. The van der Waals surface area contributed by atoms with Gasteiger partial charge in [0, 0.05) is 13.6 Å². The molecule has 0 saturated carbocycles. The first-order chi connectivity index (χ1) is 9.99. The van der Waals surface area contributed by atoms with Crippen LogP contribution in [0.4, 0.5) is 0 Å². The number of nitrogens with two attached hydrogens (primary N) is 1. The van der Waals surface area contributed by atoms with Crippen LogP contribution in [0.3, 0.4) is 0 Å². The van der Waals surface area contributed by atoms with Crippen LogP contribution in [-0.4, -0.2) is 48.9 Å². The van der Waals surface area contributed by atoms with Gasteiger partial charge in [0.2, 0.25) is 5.91 Å². The van der Waals surface area contributed by atoms with Gasteiger partial charge in [0.05, 0.1) is 13.1 Å². The number of rotatable bonds is 5. The lowest BCUT2D eigenvalue weighted by Crippen LogP contribution is -2.46. The van der Waals surface area contributed by atoms with Gasteiger partial charge in [-0.15, -0.1) is 0 Å². The first-order valence-corrected chi connectivity index (χ1v) is 7.71. The summed E-state index contributed by atoms with van der Waals surface area (Å²) in [5.74, 6) is 3.00. The van der Waals surface area contributed by atoms with Crippen LogP contribution in [0, 0.1) is 18.8 Å². The normalized spacial score (nSPS) is 23.2. The Morgan fingerprint density at radius 1 is 1.52 bits per heavy atom. The van der Waals surface area contributed by atoms with Gasteiger partial charge in [-0.25, -0.2) is 0 Å². The molecule has 118 valence electrons. The lowest BCUT2D eigenvalue weighted by Gasteiger charge is -2.36.